The first kappa shape index (κ1) is 15.7. The number of ether oxygens (including phenoxy) is 2. The molecule has 0 amide bonds. The maximum absolute atomic E-state index is 6.23. The number of likely N-dealkylation sites (tertiary alicyclic amines) is 2. The zero-order valence-electron chi connectivity index (χ0n) is 14.0. The zero-order chi connectivity index (χ0) is 14.8. The predicted molar refractivity (Wildman–Crippen MR) is 84.6 cm³/mol. The van der Waals surface area contributed by atoms with Gasteiger partial charge in [-0.2, -0.15) is 0 Å². The van der Waals surface area contributed by atoms with Crippen LogP contribution in [0.5, 0.6) is 0 Å². The molecule has 0 atom stereocenters. The Balaban J connectivity index is 1.27. The Kier molecular flexibility index (Phi) is 5.20. The van der Waals surface area contributed by atoms with E-state index in [0.717, 1.165) is 18.8 Å². The van der Waals surface area contributed by atoms with Crippen LogP contribution in [-0.4, -0.2) is 74.0 Å². The number of rotatable bonds is 6. The molecule has 0 unspecified atom stereocenters. The normalized spacial score (nSPS) is 33.1. The van der Waals surface area contributed by atoms with Crippen LogP contribution in [0.2, 0.25) is 0 Å². The maximum Gasteiger partial charge on any atom is 0.0628 e. The lowest BCUT2D eigenvalue weighted by molar-refractivity contribution is -0.146. The largest absolute Gasteiger partial charge is 0.375 e. The lowest BCUT2D eigenvalue weighted by Gasteiger charge is -2.43. The van der Waals surface area contributed by atoms with Crippen molar-refractivity contribution in [1.82, 2.24) is 9.80 Å². The molecular formula is C17H32N2O2. The first-order valence-electron chi connectivity index (χ1n) is 8.80. The summed E-state index contributed by atoms with van der Waals surface area (Å²) in [5, 5.41) is 0. The first-order valence-corrected chi connectivity index (χ1v) is 8.80. The Bertz CT molecular complexity index is 317. The average molecular weight is 296 g/mol. The summed E-state index contributed by atoms with van der Waals surface area (Å²) in [5.41, 5.74) is 0. The molecule has 0 radical (unpaired) electrons. The Labute approximate surface area is 129 Å². The number of hydrogen-bond acceptors (Lipinski definition) is 4. The molecule has 4 heteroatoms. The molecule has 2 heterocycles. The summed E-state index contributed by atoms with van der Waals surface area (Å²) >= 11 is 0. The van der Waals surface area contributed by atoms with Crippen molar-refractivity contribution >= 4 is 0 Å². The molecule has 2 aliphatic heterocycles. The van der Waals surface area contributed by atoms with Gasteiger partial charge < -0.3 is 19.3 Å². The summed E-state index contributed by atoms with van der Waals surface area (Å²) in [6.45, 7) is 10.6. The van der Waals surface area contributed by atoms with Crippen molar-refractivity contribution in [3.05, 3.63) is 0 Å². The van der Waals surface area contributed by atoms with Crippen molar-refractivity contribution < 1.29 is 9.47 Å². The van der Waals surface area contributed by atoms with Gasteiger partial charge in [-0.25, -0.2) is 0 Å². The van der Waals surface area contributed by atoms with E-state index in [4.69, 9.17) is 9.47 Å². The molecule has 3 aliphatic rings. The number of piperidine rings is 1. The van der Waals surface area contributed by atoms with Gasteiger partial charge in [0.05, 0.1) is 24.4 Å². The Morgan fingerprint density at radius 1 is 1.00 bits per heavy atom. The Morgan fingerprint density at radius 2 is 1.67 bits per heavy atom. The van der Waals surface area contributed by atoms with Gasteiger partial charge in [0, 0.05) is 32.7 Å². The minimum Gasteiger partial charge on any atom is -0.375 e. The summed E-state index contributed by atoms with van der Waals surface area (Å²) in [7, 11) is 2.21. The van der Waals surface area contributed by atoms with Gasteiger partial charge >= 0.3 is 0 Å². The predicted octanol–water partition coefficient (Wildman–Crippen LogP) is 1.98. The summed E-state index contributed by atoms with van der Waals surface area (Å²) in [6, 6.07) is 0. The second-order valence-electron chi connectivity index (χ2n) is 7.62. The number of nitrogens with zero attached hydrogens (tertiary/aromatic N) is 2. The summed E-state index contributed by atoms with van der Waals surface area (Å²) in [5.74, 6) is 0.910. The molecule has 1 aliphatic carbocycles. The van der Waals surface area contributed by atoms with Crippen LogP contribution in [0.4, 0.5) is 0 Å². The quantitative estimate of drug-likeness (QED) is 0.748. The summed E-state index contributed by atoms with van der Waals surface area (Å²) < 4.78 is 12.0. The fourth-order valence-corrected chi connectivity index (χ4v) is 3.93. The van der Waals surface area contributed by atoms with Crippen molar-refractivity contribution in [3.8, 4) is 0 Å². The highest BCUT2D eigenvalue weighted by Gasteiger charge is 2.34. The van der Waals surface area contributed by atoms with E-state index in [1.807, 2.05) is 0 Å². The third kappa shape index (κ3) is 4.41. The highest BCUT2D eigenvalue weighted by atomic mass is 16.5. The molecule has 0 aromatic heterocycles. The minimum absolute atomic E-state index is 0.352. The van der Waals surface area contributed by atoms with E-state index < -0.39 is 0 Å². The van der Waals surface area contributed by atoms with E-state index >= 15 is 0 Å². The van der Waals surface area contributed by atoms with Crippen LogP contribution < -0.4 is 0 Å². The fourth-order valence-electron chi connectivity index (χ4n) is 3.93. The van der Waals surface area contributed by atoms with E-state index in [-0.39, 0.29) is 0 Å². The third-order valence-electron chi connectivity index (χ3n) is 5.09. The van der Waals surface area contributed by atoms with E-state index in [1.54, 1.807) is 0 Å². The molecule has 3 fully saturated rings. The molecule has 3 rings (SSSR count). The SMILES string of the molecule is CC(C)O[C@H]1C[C@H](OC2CCN(CC3CN(C)C3)CC2)C1. The molecule has 21 heavy (non-hydrogen) atoms. The van der Waals surface area contributed by atoms with Crippen molar-refractivity contribution in [1.29, 1.82) is 0 Å². The van der Waals surface area contributed by atoms with Crippen LogP contribution in [0.1, 0.15) is 39.5 Å². The van der Waals surface area contributed by atoms with Crippen LogP contribution in [0, 0.1) is 5.92 Å². The van der Waals surface area contributed by atoms with Crippen LogP contribution in [0.15, 0.2) is 0 Å². The van der Waals surface area contributed by atoms with Gasteiger partial charge in [0.15, 0.2) is 0 Å². The molecule has 122 valence electrons. The highest BCUT2D eigenvalue weighted by Crippen LogP contribution is 2.30. The van der Waals surface area contributed by atoms with Gasteiger partial charge in [-0.1, -0.05) is 0 Å². The molecule has 0 bridgehead atoms. The Morgan fingerprint density at radius 3 is 2.24 bits per heavy atom. The molecule has 0 aromatic carbocycles. The lowest BCUT2D eigenvalue weighted by atomic mass is 9.91. The minimum atomic E-state index is 0.352. The molecule has 4 nitrogen and oxygen atoms in total. The molecule has 0 spiro atoms. The molecule has 1 saturated carbocycles. The van der Waals surface area contributed by atoms with Crippen molar-refractivity contribution in [2.45, 2.75) is 63.9 Å². The van der Waals surface area contributed by atoms with Crippen molar-refractivity contribution in [2.24, 2.45) is 5.92 Å². The molecule has 0 N–H and O–H groups in total. The van der Waals surface area contributed by atoms with Gasteiger partial charge in [-0.05, 0) is 52.5 Å². The van der Waals surface area contributed by atoms with Crippen molar-refractivity contribution in [3.63, 3.8) is 0 Å². The van der Waals surface area contributed by atoms with E-state index in [9.17, 15) is 0 Å². The molecular weight excluding hydrogens is 264 g/mol. The van der Waals surface area contributed by atoms with Gasteiger partial charge in [-0.15, -0.1) is 0 Å². The Hall–Kier alpha value is -0.160. The first-order chi connectivity index (χ1) is 10.1. The lowest BCUT2D eigenvalue weighted by Crippen LogP contribution is -2.51. The van der Waals surface area contributed by atoms with Crippen LogP contribution in [-0.2, 0) is 9.47 Å². The standard InChI is InChI=1S/C17H32N2O2/c1-13(2)20-16-8-17(9-16)21-15-4-6-19(7-5-15)12-14-10-18(3)11-14/h13-17H,4-12H2,1-3H3/t16-,17-. The monoisotopic (exact) mass is 296 g/mol. The third-order valence-corrected chi connectivity index (χ3v) is 5.09. The second-order valence-corrected chi connectivity index (χ2v) is 7.62. The fraction of sp³-hybridized carbons (Fsp3) is 1.00. The van der Waals surface area contributed by atoms with E-state index in [1.165, 1.54) is 45.6 Å². The van der Waals surface area contributed by atoms with Crippen molar-refractivity contribution in [2.75, 3.05) is 39.8 Å². The second kappa shape index (κ2) is 6.95. The van der Waals surface area contributed by atoms with Crippen LogP contribution in [0.25, 0.3) is 0 Å². The van der Waals surface area contributed by atoms with E-state index in [0.29, 0.717) is 24.4 Å². The van der Waals surface area contributed by atoms with Crippen LogP contribution in [0.3, 0.4) is 0 Å². The van der Waals surface area contributed by atoms with E-state index in [2.05, 4.69) is 30.7 Å². The van der Waals surface area contributed by atoms with Gasteiger partial charge in [0.2, 0.25) is 0 Å². The number of hydrogen-bond donors (Lipinski definition) is 0. The van der Waals surface area contributed by atoms with Gasteiger partial charge in [0.1, 0.15) is 0 Å². The highest BCUT2D eigenvalue weighted by molar-refractivity contribution is 4.85. The topological polar surface area (TPSA) is 24.9 Å². The van der Waals surface area contributed by atoms with Gasteiger partial charge in [0.25, 0.3) is 0 Å². The summed E-state index contributed by atoms with van der Waals surface area (Å²) in [6.07, 6.45) is 6.40. The molecule has 2 saturated heterocycles. The average Bonchev–Trinajstić information content (AvgIpc) is 2.36. The maximum atomic E-state index is 6.23. The van der Waals surface area contributed by atoms with Gasteiger partial charge in [-0.3, -0.25) is 0 Å². The van der Waals surface area contributed by atoms with Crippen LogP contribution >= 0.6 is 0 Å². The zero-order valence-corrected chi connectivity index (χ0v) is 14.0. The smallest absolute Gasteiger partial charge is 0.0628 e. The molecule has 0 aromatic rings. The summed E-state index contributed by atoms with van der Waals surface area (Å²) in [4.78, 5) is 5.05.